The molecule has 4 rings (SSSR count). The fourth-order valence-electron chi connectivity index (χ4n) is 3.26. The summed E-state index contributed by atoms with van der Waals surface area (Å²) in [7, 11) is 1.35. The number of amides is 1. The first kappa shape index (κ1) is 21.6. The molecular weight excluding hydrogens is 420 g/mol. The van der Waals surface area contributed by atoms with Gasteiger partial charge in [-0.15, -0.1) is 0 Å². The van der Waals surface area contributed by atoms with E-state index >= 15 is 0 Å². The normalized spacial score (nSPS) is 16.0. The van der Waals surface area contributed by atoms with E-state index in [1.165, 1.54) is 18.9 Å². The molecule has 0 bridgehead atoms. The Hall–Kier alpha value is -3.64. The van der Waals surface area contributed by atoms with Gasteiger partial charge in [0.2, 0.25) is 0 Å². The van der Waals surface area contributed by atoms with Crippen LogP contribution in [0.25, 0.3) is 6.08 Å². The average Bonchev–Trinajstić information content (AvgIpc) is 3.13. The van der Waals surface area contributed by atoms with Crippen molar-refractivity contribution in [2.75, 3.05) is 7.11 Å². The van der Waals surface area contributed by atoms with Crippen LogP contribution >= 0.6 is 11.8 Å². The maximum atomic E-state index is 13.2. The van der Waals surface area contributed by atoms with Gasteiger partial charge in [0.05, 0.1) is 30.7 Å². The number of hydrogen-bond acceptors (Lipinski definition) is 5. The average molecular weight is 443 g/mol. The summed E-state index contributed by atoms with van der Waals surface area (Å²) in [6.07, 6.45) is 1.83. The van der Waals surface area contributed by atoms with Gasteiger partial charge in [-0.2, -0.15) is 0 Å². The van der Waals surface area contributed by atoms with Crippen molar-refractivity contribution in [3.8, 4) is 0 Å². The molecule has 5 nitrogen and oxygen atoms in total. The number of thioether (sulfide) groups is 1. The van der Waals surface area contributed by atoms with Crippen molar-refractivity contribution in [1.82, 2.24) is 4.90 Å². The molecular formula is C26H22N2O3S. The minimum Gasteiger partial charge on any atom is -0.465 e. The number of rotatable bonds is 6. The molecule has 1 fully saturated rings. The topological polar surface area (TPSA) is 59.0 Å². The minimum atomic E-state index is -0.389. The second-order valence-electron chi connectivity index (χ2n) is 7.19. The number of carbonyl (C=O) groups is 2. The highest BCUT2D eigenvalue weighted by Crippen LogP contribution is 2.34. The summed E-state index contributed by atoms with van der Waals surface area (Å²) in [6, 6.07) is 26.8. The Kier molecular flexibility index (Phi) is 6.82. The van der Waals surface area contributed by atoms with Crippen LogP contribution in [0.4, 0.5) is 0 Å². The van der Waals surface area contributed by atoms with Gasteiger partial charge in [-0.25, -0.2) is 4.79 Å². The number of benzene rings is 3. The highest BCUT2D eigenvalue weighted by Gasteiger charge is 2.33. The van der Waals surface area contributed by atoms with E-state index in [0.717, 1.165) is 16.7 Å². The van der Waals surface area contributed by atoms with Gasteiger partial charge < -0.3 is 4.74 Å². The fourth-order valence-corrected chi connectivity index (χ4v) is 4.23. The molecule has 1 amide bonds. The third-order valence-corrected chi connectivity index (χ3v) is 5.99. The van der Waals surface area contributed by atoms with E-state index < -0.39 is 0 Å². The van der Waals surface area contributed by atoms with Crippen LogP contribution in [0.3, 0.4) is 0 Å². The third kappa shape index (κ3) is 5.15. The number of nitrogens with zero attached hydrogens (tertiary/aromatic N) is 2. The van der Waals surface area contributed by atoms with Gasteiger partial charge in [0, 0.05) is 0 Å². The number of amidine groups is 1. The Labute approximate surface area is 191 Å². The van der Waals surface area contributed by atoms with E-state index in [0.29, 0.717) is 28.7 Å². The molecule has 0 radical (unpaired) electrons. The Bertz CT molecular complexity index is 1160. The molecule has 0 aromatic heterocycles. The first-order chi connectivity index (χ1) is 15.6. The van der Waals surface area contributed by atoms with Crippen LogP contribution in [0.1, 0.15) is 27.0 Å². The SMILES string of the molecule is COC(=O)c1ccc(C=C2SC(=NCc3ccccc3)N(Cc3ccccc3)C2=O)cc1. The number of aliphatic imine (C=N–C) groups is 1. The Balaban J connectivity index is 1.60. The lowest BCUT2D eigenvalue weighted by Crippen LogP contribution is -2.28. The van der Waals surface area contributed by atoms with Crippen LogP contribution in [-0.2, 0) is 22.6 Å². The van der Waals surface area contributed by atoms with Crippen molar-refractivity contribution in [2.45, 2.75) is 13.1 Å². The smallest absolute Gasteiger partial charge is 0.337 e. The lowest BCUT2D eigenvalue weighted by Gasteiger charge is -2.15. The summed E-state index contributed by atoms with van der Waals surface area (Å²) in [5.41, 5.74) is 3.43. The Morgan fingerprint density at radius 1 is 0.938 bits per heavy atom. The highest BCUT2D eigenvalue weighted by molar-refractivity contribution is 8.18. The fraction of sp³-hybridized carbons (Fsp3) is 0.115. The van der Waals surface area contributed by atoms with Gasteiger partial charge in [-0.1, -0.05) is 72.8 Å². The van der Waals surface area contributed by atoms with E-state index in [1.807, 2.05) is 66.7 Å². The van der Waals surface area contributed by atoms with Crippen LogP contribution in [0.15, 0.2) is 94.8 Å². The molecule has 0 saturated carbocycles. The van der Waals surface area contributed by atoms with Crippen LogP contribution in [0.5, 0.6) is 0 Å². The molecule has 0 N–H and O–H groups in total. The molecule has 32 heavy (non-hydrogen) atoms. The molecule has 6 heteroatoms. The van der Waals surface area contributed by atoms with Crippen LogP contribution in [0.2, 0.25) is 0 Å². The third-order valence-electron chi connectivity index (χ3n) is 4.94. The van der Waals surface area contributed by atoms with Gasteiger partial charge in [0.1, 0.15) is 0 Å². The largest absolute Gasteiger partial charge is 0.465 e. The van der Waals surface area contributed by atoms with Gasteiger partial charge in [-0.05, 0) is 46.7 Å². The summed E-state index contributed by atoms with van der Waals surface area (Å²) >= 11 is 1.37. The molecule has 160 valence electrons. The first-order valence-corrected chi connectivity index (χ1v) is 11.0. The van der Waals surface area contributed by atoms with Crippen LogP contribution in [0, 0.1) is 0 Å². The molecule has 1 aliphatic rings. The number of ether oxygens (including phenoxy) is 1. The summed E-state index contributed by atoms with van der Waals surface area (Å²) in [5, 5.41) is 0.681. The highest BCUT2D eigenvalue weighted by atomic mass is 32.2. The van der Waals surface area contributed by atoms with Crippen molar-refractivity contribution in [1.29, 1.82) is 0 Å². The van der Waals surface area contributed by atoms with E-state index in [4.69, 9.17) is 9.73 Å². The second kappa shape index (κ2) is 10.1. The van der Waals surface area contributed by atoms with Crippen molar-refractivity contribution >= 4 is 34.9 Å². The standard InChI is InChI=1S/C26H22N2O3S/c1-31-25(30)22-14-12-19(13-15-22)16-23-24(29)28(18-21-10-6-3-7-11-21)26(32-23)27-17-20-8-4-2-5-9-20/h2-16H,17-18H2,1H3. The lowest BCUT2D eigenvalue weighted by atomic mass is 10.1. The maximum Gasteiger partial charge on any atom is 0.337 e. The summed E-state index contributed by atoms with van der Waals surface area (Å²) in [6.45, 7) is 0.960. The van der Waals surface area contributed by atoms with Gasteiger partial charge in [0.25, 0.3) is 5.91 Å². The zero-order valence-electron chi connectivity index (χ0n) is 17.6. The van der Waals surface area contributed by atoms with Crippen molar-refractivity contribution < 1.29 is 14.3 Å². The zero-order valence-corrected chi connectivity index (χ0v) is 18.4. The number of carbonyl (C=O) groups excluding carboxylic acids is 2. The molecule has 3 aromatic carbocycles. The first-order valence-electron chi connectivity index (χ1n) is 10.2. The predicted octanol–water partition coefficient (Wildman–Crippen LogP) is 5.15. The minimum absolute atomic E-state index is 0.0808. The summed E-state index contributed by atoms with van der Waals surface area (Å²) < 4.78 is 4.74. The molecule has 1 saturated heterocycles. The lowest BCUT2D eigenvalue weighted by molar-refractivity contribution is -0.122. The van der Waals surface area contributed by atoms with Crippen molar-refractivity contribution in [2.24, 2.45) is 4.99 Å². The Morgan fingerprint density at radius 3 is 2.19 bits per heavy atom. The van der Waals surface area contributed by atoms with E-state index in [2.05, 4.69) is 0 Å². The van der Waals surface area contributed by atoms with Crippen LogP contribution in [-0.4, -0.2) is 29.1 Å². The second-order valence-corrected chi connectivity index (χ2v) is 8.19. The van der Waals surface area contributed by atoms with E-state index in [9.17, 15) is 9.59 Å². The van der Waals surface area contributed by atoms with Crippen LogP contribution < -0.4 is 0 Å². The molecule has 1 heterocycles. The molecule has 0 atom stereocenters. The molecule has 3 aromatic rings. The summed E-state index contributed by atoms with van der Waals surface area (Å²) in [5.74, 6) is -0.470. The van der Waals surface area contributed by atoms with Crippen molar-refractivity contribution in [3.05, 3.63) is 112 Å². The molecule has 1 aliphatic heterocycles. The van der Waals surface area contributed by atoms with E-state index in [-0.39, 0.29) is 11.9 Å². The zero-order chi connectivity index (χ0) is 22.3. The predicted molar refractivity (Wildman–Crippen MR) is 128 cm³/mol. The van der Waals surface area contributed by atoms with Crippen molar-refractivity contribution in [3.63, 3.8) is 0 Å². The molecule has 0 spiro atoms. The van der Waals surface area contributed by atoms with E-state index in [1.54, 1.807) is 29.2 Å². The number of methoxy groups -OCH3 is 1. The molecule has 0 unspecified atom stereocenters. The van der Waals surface area contributed by atoms with Gasteiger partial charge >= 0.3 is 5.97 Å². The number of esters is 1. The maximum absolute atomic E-state index is 13.2. The van der Waals surface area contributed by atoms with Gasteiger partial charge in [0.15, 0.2) is 5.17 Å². The summed E-state index contributed by atoms with van der Waals surface area (Å²) in [4.78, 5) is 32.0. The quantitative estimate of drug-likeness (QED) is 0.392. The number of hydrogen-bond donors (Lipinski definition) is 0. The Morgan fingerprint density at radius 2 is 1.56 bits per heavy atom. The van der Waals surface area contributed by atoms with Gasteiger partial charge in [-0.3, -0.25) is 14.7 Å². The monoisotopic (exact) mass is 442 g/mol. The molecule has 0 aliphatic carbocycles.